The molecule has 0 bridgehead atoms. The molecule has 3 fully saturated rings. The van der Waals surface area contributed by atoms with Crippen LogP contribution in [0.25, 0.3) is 0 Å². The number of carbonyl (C=O) groups is 1. The van der Waals surface area contributed by atoms with Gasteiger partial charge in [0.15, 0.2) is 0 Å². The smallest absolute Gasteiger partial charge is 0.407 e. The summed E-state index contributed by atoms with van der Waals surface area (Å²) in [7, 11) is 0. The molecule has 22 heavy (non-hydrogen) atoms. The van der Waals surface area contributed by atoms with Crippen LogP contribution in [0.2, 0.25) is 0 Å². The van der Waals surface area contributed by atoms with Crippen LogP contribution in [0.1, 0.15) is 43.8 Å². The maximum Gasteiger partial charge on any atom is 0.407 e. The first-order chi connectivity index (χ1) is 10.7. The Morgan fingerprint density at radius 2 is 2.09 bits per heavy atom. The summed E-state index contributed by atoms with van der Waals surface area (Å²) in [6.45, 7) is 3.77. The fraction of sp³-hybridized carbons (Fsp3) is 0.750. The second kappa shape index (κ2) is 5.26. The third-order valence-electron chi connectivity index (χ3n) is 6.00. The summed E-state index contributed by atoms with van der Waals surface area (Å²) in [4.78, 5) is 22.9. The first kappa shape index (κ1) is 14.1. The summed E-state index contributed by atoms with van der Waals surface area (Å²) in [6.07, 6.45) is 8.77. The van der Waals surface area contributed by atoms with Crippen molar-refractivity contribution >= 4 is 6.09 Å². The van der Waals surface area contributed by atoms with Gasteiger partial charge in [0.2, 0.25) is 0 Å². The molecule has 6 heteroatoms. The molecule has 1 amide bonds. The number of H-pyrrole nitrogens is 1. The van der Waals surface area contributed by atoms with Gasteiger partial charge in [0.25, 0.3) is 0 Å². The van der Waals surface area contributed by atoms with E-state index < -0.39 is 6.09 Å². The number of piperidine rings is 1. The van der Waals surface area contributed by atoms with E-state index in [1.165, 1.54) is 25.7 Å². The summed E-state index contributed by atoms with van der Waals surface area (Å²) in [5.74, 6) is 1.71. The number of aromatic amines is 1. The van der Waals surface area contributed by atoms with Crippen molar-refractivity contribution in [3.63, 3.8) is 0 Å². The summed E-state index contributed by atoms with van der Waals surface area (Å²) < 4.78 is 0. The third kappa shape index (κ3) is 2.39. The van der Waals surface area contributed by atoms with Crippen molar-refractivity contribution in [2.45, 2.75) is 44.1 Å². The molecule has 1 aromatic rings. The second-order valence-electron chi connectivity index (χ2n) is 7.30. The van der Waals surface area contributed by atoms with Gasteiger partial charge in [0, 0.05) is 37.4 Å². The zero-order chi connectivity index (χ0) is 15.2. The molecule has 6 nitrogen and oxygen atoms in total. The van der Waals surface area contributed by atoms with Crippen molar-refractivity contribution in [2.75, 3.05) is 26.2 Å². The number of imidazole rings is 1. The van der Waals surface area contributed by atoms with Crippen LogP contribution in [0.5, 0.6) is 0 Å². The van der Waals surface area contributed by atoms with Gasteiger partial charge in [-0.2, -0.15) is 0 Å². The lowest BCUT2D eigenvalue weighted by atomic mass is 9.64. The first-order valence-electron chi connectivity index (χ1n) is 8.36. The Kier molecular flexibility index (Phi) is 3.36. The lowest BCUT2D eigenvalue weighted by Gasteiger charge is -2.51. The monoisotopic (exact) mass is 304 g/mol. The van der Waals surface area contributed by atoms with Gasteiger partial charge < -0.3 is 19.9 Å². The molecule has 0 radical (unpaired) electrons. The largest absolute Gasteiger partial charge is 0.465 e. The first-order valence-corrected chi connectivity index (χ1v) is 8.36. The number of rotatable bonds is 2. The van der Waals surface area contributed by atoms with Crippen LogP contribution < -0.4 is 0 Å². The van der Waals surface area contributed by atoms with Gasteiger partial charge in [-0.05, 0) is 50.6 Å². The Balaban J connectivity index is 1.27. The van der Waals surface area contributed by atoms with Crippen molar-refractivity contribution in [2.24, 2.45) is 5.41 Å². The molecule has 2 saturated heterocycles. The van der Waals surface area contributed by atoms with Gasteiger partial charge in [-0.15, -0.1) is 0 Å². The van der Waals surface area contributed by atoms with E-state index >= 15 is 0 Å². The zero-order valence-electron chi connectivity index (χ0n) is 12.9. The number of likely N-dealkylation sites (tertiary alicyclic amines) is 2. The van der Waals surface area contributed by atoms with Crippen molar-refractivity contribution in [3.8, 4) is 0 Å². The van der Waals surface area contributed by atoms with Gasteiger partial charge >= 0.3 is 6.09 Å². The molecule has 4 rings (SSSR count). The van der Waals surface area contributed by atoms with E-state index in [-0.39, 0.29) is 0 Å². The van der Waals surface area contributed by atoms with Crippen LogP contribution in [-0.4, -0.2) is 63.2 Å². The van der Waals surface area contributed by atoms with Crippen LogP contribution in [0.15, 0.2) is 12.4 Å². The van der Waals surface area contributed by atoms with Crippen molar-refractivity contribution in [1.82, 2.24) is 19.8 Å². The SMILES string of the molecule is O=C(O)N1CCC2(CC(N3CCC(c4ncc[nH]4)CC3)C2)C1. The highest BCUT2D eigenvalue weighted by molar-refractivity contribution is 5.65. The van der Waals surface area contributed by atoms with Crippen LogP contribution >= 0.6 is 0 Å². The van der Waals surface area contributed by atoms with Crippen molar-refractivity contribution < 1.29 is 9.90 Å². The van der Waals surface area contributed by atoms with Gasteiger partial charge in [-0.1, -0.05) is 0 Å². The maximum atomic E-state index is 11.1. The maximum absolute atomic E-state index is 11.1. The van der Waals surface area contributed by atoms with E-state index in [1.54, 1.807) is 4.90 Å². The Labute approximate surface area is 130 Å². The van der Waals surface area contributed by atoms with Crippen LogP contribution in [0.3, 0.4) is 0 Å². The Bertz CT molecular complexity index is 530. The normalized spacial score (nSPS) is 33.3. The van der Waals surface area contributed by atoms with E-state index in [9.17, 15) is 4.79 Å². The molecule has 0 atom stereocenters. The number of carboxylic acid groups (broad SMARTS) is 1. The van der Waals surface area contributed by atoms with E-state index in [2.05, 4.69) is 14.9 Å². The quantitative estimate of drug-likeness (QED) is 0.878. The highest BCUT2D eigenvalue weighted by Gasteiger charge is 2.51. The lowest BCUT2D eigenvalue weighted by molar-refractivity contribution is -0.00417. The van der Waals surface area contributed by atoms with E-state index in [4.69, 9.17) is 5.11 Å². The molecule has 2 aliphatic heterocycles. The van der Waals surface area contributed by atoms with Gasteiger partial charge in [-0.25, -0.2) is 9.78 Å². The number of aromatic nitrogens is 2. The zero-order valence-corrected chi connectivity index (χ0v) is 12.9. The van der Waals surface area contributed by atoms with Gasteiger partial charge in [0.1, 0.15) is 5.82 Å². The number of amides is 1. The number of nitrogens with zero attached hydrogens (tertiary/aromatic N) is 3. The van der Waals surface area contributed by atoms with Gasteiger partial charge in [-0.3, -0.25) is 0 Å². The van der Waals surface area contributed by atoms with Crippen LogP contribution in [0.4, 0.5) is 4.79 Å². The predicted molar refractivity (Wildman–Crippen MR) is 81.8 cm³/mol. The number of nitrogens with one attached hydrogen (secondary N) is 1. The topological polar surface area (TPSA) is 72.5 Å². The molecule has 3 heterocycles. The van der Waals surface area contributed by atoms with Gasteiger partial charge in [0.05, 0.1) is 0 Å². The highest BCUT2D eigenvalue weighted by Crippen LogP contribution is 2.50. The van der Waals surface area contributed by atoms with Crippen LogP contribution in [-0.2, 0) is 0 Å². The van der Waals surface area contributed by atoms with Crippen molar-refractivity contribution in [1.29, 1.82) is 0 Å². The number of hydrogen-bond acceptors (Lipinski definition) is 3. The fourth-order valence-electron chi connectivity index (χ4n) is 4.67. The summed E-state index contributed by atoms with van der Waals surface area (Å²) >= 11 is 0. The van der Waals surface area contributed by atoms with Crippen LogP contribution in [0, 0.1) is 5.41 Å². The molecule has 1 aliphatic carbocycles. The minimum absolute atomic E-state index is 0.293. The minimum atomic E-state index is -0.750. The molecule has 0 unspecified atom stereocenters. The molecule has 1 aromatic heterocycles. The average Bonchev–Trinajstić information content (AvgIpc) is 3.15. The molecular weight excluding hydrogens is 280 g/mol. The molecule has 0 aromatic carbocycles. The average molecular weight is 304 g/mol. The lowest BCUT2D eigenvalue weighted by Crippen LogP contribution is -2.54. The standard InChI is InChI=1S/C16H24N4O2/c21-15(22)20-8-3-16(11-20)9-13(10-16)19-6-1-12(2-7-19)14-17-4-5-18-14/h4-5,12-13H,1-3,6-11H2,(H,17,18)(H,21,22). The minimum Gasteiger partial charge on any atom is -0.465 e. The Hall–Kier alpha value is -1.56. The van der Waals surface area contributed by atoms with E-state index in [0.29, 0.717) is 17.4 Å². The highest BCUT2D eigenvalue weighted by atomic mass is 16.4. The third-order valence-corrected chi connectivity index (χ3v) is 6.00. The Morgan fingerprint density at radius 1 is 1.32 bits per heavy atom. The molecular formula is C16H24N4O2. The molecule has 2 N–H and O–H groups in total. The van der Waals surface area contributed by atoms with E-state index in [1.807, 2.05) is 12.4 Å². The molecule has 120 valence electrons. The second-order valence-corrected chi connectivity index (χ2v) is 7.30. The summed E-state index contributed by atoms with van der Waals surface area (Å²) in [6, 6.07) is 0.672. The van der Waals surface area contributed by atoms with Crippen molar-refractivity contribution in [3.05, 3.63) is 18.2 Å². The summed E-state index contributed by atoms with van der Waals surface area (Å²) in [5, 5.41) is 9.11. The molecule has 1 spiro atoms. The van der Waals surface area contributed by atoms with E-state index in [0.717, 1.165) is 38.4 Å². The Morgan fingerprint density at radius 3 is 2.68 bits per heavy atom. The molecule has 3 aliphatic rings. The summed E-state index contributed by atoms with van der Waals surface area (Å²) in [5.41, 5.74) is 0.293. The fourth-order valence-corrected chi connectivity index (χ4v) is 4.67. The number of hydrogen-bond donors (Lipinski definition) is 2. The predicted octanol–water partition coefficient (Wildman–Crippen LogP) is 2.12. The molecule has 1 saturated carbocycles.